The third kappa shape index (κ3) is 6.71. The summed E-state index contributed by atoms with van der Waals surface area (Å²) in [5, 5.41) is 15.1. The summed E-state index contributed by atoms with van der Waals surface area (Å²) in [5.41, 5.74) is 1.69. The number of carboxylic acids is 1. The highest BCUT2D eigenvalue weighted by molar-refractivity contribution is 8.00. The summed E-state index contributed by atoms with van der Waals surface area (Å²) < 4.78 is 0. The van der Waals surface area contributed by atoms with Crippen LogP contribution in [0.4, 0.5) is 11.4 Å². The van der Waals surface area contributed by atoms with Gasteiger partial charge in [-0.15, -0.1) is 11.8 Å². The first-order valence-electron chi connectivity index (χ1n) is 11.0. The second kappa shape index (κ2) is 12.0. The van der Waals surface area contributed by atoms with Crippen molar-refractivity contribution in [3.63, 3.8) is 0 Å². The predicted octanol–water partition coefficient (Wildman–Crippen LogP) is 7.42. The summed E-state index contributed by atoms with van der Waals surface area (Å²) in [5.74, 6) is -1.98. The van der Waals surface area contributed by atoms with Gasteiger partial charge in [0.25, 0.3) is 5.91 Å². The van der Waals surface area contributed by atoms with Gasteiger partial charge in [-0.3, -0.25) is 9.59 Å². The van der Waals surface area contributed by atoms with Gasteiger partial charge in [0, 0.05) is 15.6 Å². The Balaban J connectivity index is 1.52. The van der Waals surface area contributed by atoms with Crippen LogP contribution in [0.2, 0.25) is 10.0 Å². The fourth-order valence-corrected chi connectivity index (χ4v) is 4.87. The highest BCUT2D eigenvalue weighted by Crippen LogP contribution is 2.37. The molecule has 4 rings (SSSR count). The normalized spacial score (nSPS) is 11.4. The number of hydrogen-bond donors (Lipinski definition) is 3. The molecular formula is C28H20Cl2N2O4S. The largest absolute Gasteiger partial charge is 0.478 e. The summed E-state index contributed by atoms with van der Waals surface area (Å²) >= 11 is 13.6. The van der Waals surface area contributed by atoms with E-state index in [0.29, 0.717) is 21.4 Å². The lowest BCUT2D eigenvalue weighted by atomic mass is 10.1. The highest BCUT2D eigenvalue weighted by Gasteiger charge is 2.23. The number of halogens is 2. The van der Waals surface area contributed by atoms with Gasteiger partial charge in [-0.25, -0.2) is 4.79 Å². The van der Waals surface area contributed by atoms with Gasteiger partial charge in [0.1, 0.15) is 5.25 Å². The Bertz CT molecular complexity index is 1450. The van der Waals surface area contributed by atoms with Gasteiger partial charge in [-0.05, 0) is 60.2 Å². The monoisotopic (exact) mass is 550 g/mol. The van der Waals surface area contributed by atoms with E-state index in [-0.39, 0.29) is 17.0 Å². The molecule has 0 heterocycles. The molecule has 0 aromatic heterocycles. The highest BCUT2D eigenvalue weighted by atomic mass is 35.5. The number of carbonyl (C=O) groups is 3. The van der Waals surface area contributed by atoms with Gasteiger partial charge in [0.2, 0.25) is 5.91 Å². The zero-order valence-electron chi connectivity index (χ0n) is 19.2. The molecule has 4 aromatic carbocycles. The molecule has 0 aliphatic heterocycles. The number of anilines is 2. The Hall–Kier alpha value is -3.78. The maximum Gasteiger partial charge on any atom is 0.336 e. The van der Waals surface area contributed by atoms with Crippen LogP contribution in [0.1, 0.15) is 31.5 Å². The van der Waals surface area contributed by atoms with Crippen molar-refractivity contribution in [2.75, 3.05) is 10.6 Å². The van der Waals surface area contributed by atoms with Crippen molar-refractivity contribution in [3.8, 4) is 0 Å². The molecule has 3 N–H and O–H groups in total. The van der Waals surface area contributed by atoms with E-state index in [1.807, 2.05) is 30.3 Å². The van der Waals surface area contributed by atoms with Crippen molar-refractivity contribution in [2.24, 2.45) is 0 Å². The van der Waals surface area contributed by atoms with Crippen LogP contribution in [0.3, 0.4) is 0 Å². The van der Waals surface area contributed by atoms with Gasteiger partial charge < -0.3 is 15.7 Å². The number of aromatic carboxylic acids is 1. The average Bonchev–Trinajstić information content (AvgIpc) is 2.90. The number of rotatable bonds is 8. The van der Waals surface area contributed by atoms with Crippen molar-refractivity contribution < 1.29 is 19.5 Å². The quantitative estimate of drug-likeness (QED) is 0.198. The van der Waals surface area contributed by atoms with Crippen molar-refractivity contribution >= 4 is 64.1 Å². The average molecular weight is 551 g/mol. The number of benzene rings is 4. The van der Waals surface area contributed by atoms with Gasteiger partial charge in [-0.1, -0.05) is 65.7 Å². The molecule has 0 saturated heterocycles. The van der Waals surface area contributed by atoms with Crippen LogP contribution in [-0.4, -0.2) is 22.9 Å². The Morgan fingerprint density at radius 3 is 2.08 bits per heavy atom. The molecule has 1 atom stereocenters. The molecule has 4 aromatic rings. The number of carboxylic acid groups (broad SMARTS) is 1. The van der Waals surface area contributed by atoms with Crippen molar-refractivity contribution in [2.45, 2.75) is 10.1 Å². The van der Waals surface area contributed by atoms with Gasteiger partial charge >= 0.3 is 5.97 Å². The molecule has 0 aliphatic carbocycles. The van der Waals surface area contributed by atoms with Crippen LogP contribution < -0.4 is 10.6 Å². The maximum atomic E-state index is 13.3. The second-order valence-electron chi connectivity index (χ2n) is 7.85. The molecule has 6 nitrogen and oxygen atoms in total. The fourth-order valence-electron chi connectivity index (χ4n) is 3.51. The number of thioether (sulfide) groups is 1. The van der Waals surface area contributed by atoms with Crippen molar-refractivity contribution in [1.29, 1.82) is 0 Å². The zero-order valence-corrected chi connectivity index (χ0v) is 21.5. The molecule has 9 heteroatoms. The molecule has 0 spiro atoms. The third-order valence-electron chi connectivity index (χ3n) is 5.29. The van der Waals surface area contributed by atoms with Crippen LogP contribution in [0.25, 0.3) is 0 Å². The maximum absolute atomic E-state index is 13.3. The SMILES string of the molecule is O=C(O)c1ccccc1C(=O)Nc1ccc(SC(C(=O)Nc2cc(Cl)ccc2Cl)c2ccccc2)cc1. The molecule has 0 radical (unpaired) electrons. The summed E-state index contributed by atoms with van der Waals surface area (Å²) in [7, 11) is 0. The molecule has 37 heavy (non-hydrogen) atoms. The van der Waals surface area contributed by atoms with Crippen LogP contribution in [0, 0.1) is 0 Å². The predicted molar refractivity (Wildman–Crippen MR) is 148 cm³/mol. The molecule has 0 bridgehead atoms. The number of amides is 2. The standard InChI is InChI=1S/C28H20Cl2N2O4S/c29-18-10-15-23(30)24(16-18)32-27(34)25(17-6-2-1-3-7-17)37-20-13-11-19(12-14-20)31-26(33)21-8-4-5-9-22(21)28(35)36/h1-16,25H,(H,31,33)(H,32,34)(H,35,36). The fraction of sp³-hybridized carbons (Fsp3) is 0.0357. The minimum atomic E-state index is -1.18. The van der Waals surface area contributed by atoms with E-state index < -0.39 is 17.1 Å². The minimum absolute atomic E-state index is 0.0638. The number of nitrogens with one attached hydrogen (secondary N) is 2. The van der Waals surface area contributed by atoms with Crippen molar-refractivity contribution in [3.05, 3.63) is 124 Å². The van der Waals surface area contributed by atoms with Crippen LogP contribution >= 0.6 is 35.0 Å². The Morgan fingerprint density at radius 1 is 0.757 bits per heavy atom. The first-order chi connectivity index (χ1) is 17.8. The number of hydrogen-bond acceptors (Lipinski definition) is 4. The lowest BCUT2D eigenvalue weighted by molar-refractivity contribution is -0.115. The first kappa shape index (κ1) is 26.3. The Morgan fingerprint density at radius 2 is 1.41 bits per heavy atom. The molecular weight excluding hydrogens is 531 g/mol. The first-order valence-corrected chi connectivity index (χ1v) is 12.7. The summed E-state index contributed by atoms with van der Waals surface area (Å²) in [6, 6.07) is 27.1. The second-order valence-corrected chi connectivity index (χ2v) is 9.87. The van der Waals surface area contributed by atoms with Crippen LogP contribution in [0.5, 0.6) is 0 Å². The Kier molecular flexibility index (Phi) is 8.50. The molecule has 1 unspecified atom stereocenters. The zero-order chi connectivity index (χ0) is 26.4. The topological polar surface area (TPSA) is 95.5 Å². The summed E-state index contributed by atoms with van der Waals surface area (Å²) in [4.78, 5) is 38.1. The number of carbonyl (C=O) groups excluding carboxylic acids is 2. The lowest BCUT2D eigenvalue weighted by Crippen LogP contribution is -2.19. The third-order valence-corrected chi connectivity index (χ3v) is 7.13. The van der Waals surface area contributed by atoms with E-state index in [1.54, 1.807) is 54.6 Å². The molecule has 2 amide bonds. The van der Waals surface area contributed by atoms with E-state index in [9.17, 15) is 19.5 Å². The summed E-state index contributed by atoms with van der Waals surface area (Å²) in [6.45, 7) is 0. The van der Waals surface area contributed by atoms with Gasteiger partial charge in [0.05, 0.1) is 21.8 Å². The van der Waals surface area contributed by atoms with Crippen LogP contribution in [0.15, 0.2) is 102 Å². The van der Waals surface area contributed by atoms with E-state index in [4.69, 9.17) is 23.2 Å². The molecule has 186 valence electrons. The van der Waals surface area contributed by atoms with E-state index in [1.165, 1.54) is 23.9 Å². The Labute approximate surface area is 227 Å². The van der Waals surface area contributed by atoms with Gasteiger partial charge in [-0.2, -0.15) is 0 Å². The minimum Gasteiger partial charge on any atom is -0.478 e. The van der Waals surface area contributed by atoms with E-state index >= 15 is 0 Å². The summed E-state index contributed by atoms with van der Waals surface area (Å²) in [6.07, 6.45) is 0. The van der Waals surface area contributed by atoms with E-state index in [0.717, 1.165) is 10.5 Å². The van der Waals surface area contributed by atoms with E-state index in [2.05, 4.69) is 10.6 Å². The molecule has 0 fully saturated rings. The molecule has 0 saturated carbocycles. The molecule has 0 aliphatic rings. The van der Waals surface area contributed by atoms with Crippen LogP contribution in [-0.2, 0) is 4.79 Å². The smallest absolute Gasteiger partial charge is 0.336 e. The van der Waals surface area contributed by atoms with Crippen molar-refractivity contribution in [1.82, 2.24) is 0 Å². The van der Waals surface area contributed by atoms with Gasteiger partial charge in [0.15, 0.2) is 0 Å². The lowest BCUT2D eigenvalue weighted by Gasteiger charge is -2.18.